The number of hydrogen-bond acceptors (Lipinski definition) is 3. The second kappa shape index (κ2) is 8.66. The van der Waals surface area contributed by atoms with Crippen LogP contribution in [-0.4, -0.2) is 22.1 Å². The van der Waals surface area contributed by atoms with E-state index in [-0.39, 0.29) is 12.1 Å². The first-order valence-corrected chi connectivity index (χ1v) is 12.5. The molecule has 2 aliphatic rings. The first kappa shape index (κ1) is 21.1. The molecule has 1 aliphatic carbocycles. The van der Waals surface area contributed by atoms with Gasteiger partial charge < -0.3 is 19.5 Å². The number of ether oxygens (including phenoxy) is 1. The van der Waals surface area contributed by atoms with Crippen molar-refractivity contribution in [1.82, 2.24) is 9.47 Å². The molecule has 1 unspecified atom stereocenters. The predicted octanol–water partition coefficient (Wildman–Crippen LogP) is 6.56. The number of hydrogen-bond donors (Lipinski definition) is 1. The van der Waals surface area contributed by atoms with Gasteiger partial charge in [0, 0.05) is 28.0 Å². The molecular formula is C26H31N3O2S. The molecule has 2 aromatic heterocycles. The van der Waals surface area contributed by atoms with Crippen molar-refractivity contribution in [1.29, 1.82) is 0 Å². The number of urea groups is 1. The predicted molar refractivity (Wildman–Crippen MR) is 130 cm³/mol. The third-order valence-electron chi connectivity index (χ3n) is 6.53. The van der Waals surface area contributed by atoms with Gasteiger partial charge in [0.2, 0.25) is 0 Å². The molecule has 0 radical (unpaired) electrons. The van der Waals surface area contributed by atoms with Gasteiger partial charge in [0.1, 0.15) is 10.8 Å². The van der Waals surface area contributed by atoms with Crippen LogP contribution in [0.5, 0.6) is 5.75 Å². The fraction of sp³-hybridized carbons (Fsp3) is 0.423. The third-order valence-corrected chi connectivity index (χ3v) is 7.87. The number of carbonyl (C=O) groups is 1. The monoisotopic (exact) mass is 449 g/mol. The van der Waals surface area contributed by atoms with Crippen molar-refractivity contribution in [2.45, 2.75) is 59.0 Å². The van der Waals surface area contributed by atoms with Crippen LogP contribution in [0.1, 0.15) is 61.4 Å². The van der Waals surface area contributed by atoms with Gasteiger partial charge in [-0.3, -0.25) is 0 Å². The minimum Gasteiger partial charge on any atom is -0.494 e. The Morgan fingerprint density at radius 1 is 1.16 bits per heavy atom. The van der Waals surface area contributed by atoms with Gasteiger partial charge in [-0.25, -0.2) is 4.79 Å². The van der Waals surface area contributed by atoms with E-state index in [4.69, 9.17) is 4.74 Å². The van der Waals surface area contributed by atoms with Crippen LogP contribution in [0.25, 0.3) is 5.00 Å². The summed E-state index contributed by atoms with van der Waals surface area (Å²) >= 11 is 1.93. The Morgan fingerprint density at radius 2 is 1.94 bits per heavy atom. The summed E-state index contributed by atoms with van der Waals surface area (Å²) in [5, 5.41) is 4.45. The van der Waals surface area contributed by atoms with Gasteiger partial charge in [0.05, 0.1) is 19.2 Å². The molecular weight excluding hydrogens is 418 g/mol. The van der Waals surface area contributed by atoms with E-state index in [1.165, 1.54) is 39.5 Å². The molecule has 0 bridgehead atoms. The average molecular weight is 450 g/mol. The fourth-order valence-corrected chi connectivity index (χ4v) is 6.52. The zero-order valence-corrected chi connectivity index (χ0v) is 19.9. The first-order valence-electron chi connectivity index (χ1n) is 11.7. The maximum absolute atomic E-state index is 13.7. The smallest absolute Gasteiger partial charge is 0.322 e. The Hall–Kier alpha value is -2.73. The minimum absolute atomic E-state index is 0.00605. The maximum Gasteiger partial charge on any atom is 0.322 e. The van der Waals surface area contributed by atoms with Gasteiger partial charge in [-0.05, 0) is 80.5 Å². The molecule has 5 rings (SSSR count). The van der Waals surface area contributed by atoms with Crippen molar-refractivity contribution in [3.05, 3.63) is 64.3 Å². The third kappa shape index (κ3) is 3.71. The molecule has 5 nitrogen and oxygen atoms in total. The van der Waals surface area contributed by atoms with Crippen molar-refractivity contribution in [3.8, 4) is 10.8 Å². The molecule has 0 saturated heterocycles. The van der Waals surface area contributed by atoms with Crippen molar-refractivity contribution in [3.63, 3.8) is 0 Å². The Balaban J connectivity index is 1.52. The van der Waals surface area contributed by atoms with Crippen molar-refractivity contribution in [2.75, 3.05) is 11.9 Å². The van der Waals surface area contributed by atoms with E-state index in [0.717, 1.165) is 24.3 Å². The van der Waals surface area contributed by atoms with Crippen LogP contribution in [0, 0.1) is 5.92 Å². The Labute approximate surface area is 194 Å². The van der Waals surface area contributed by atoms with E-state index in [1.54, 1.807) is 0 Å². The molecule has 1 N–H and O–H groups in total. The van der Waals surface area contributed by atoms with E-state index < -0.39 is 0 Å². The van der Waals surface area contributed by atoms with Gasteiger partial charge in [0.15, 0.2) is 0 Å². The molecule has 3 heterocycles. The van der Waals surface area contributed by atoms with Crippen LogP contribution in [0.15, 0.2) is 42.6 Å². The lowest BCUT2D eigenvalue weighted by Gasteiger charge is -2.33. The summed E-state index contributed by atoms with van der Waals surface area (Å²) in [5.74, 6) is 1.10. The van der Waals surface area contributed by atoms with Gasteiger partial charge in [-0.2, -0.15) is 0 Å². The molecule has 1 aliphatic heterocycles. The van der Waals surface area contributed by atoms with Crippen molar-refractivity contribution in [2.24, 2.45) is 5.92 Å². The highest BCUT2D eigenvalue weighted by Gasteiger charge is 2.36. The van der Waals surface area contributed by atoms with Crippen LogP contribution < -0.4 is 10.1 Å². The molecule has 1 aromatic carbocycles. The summed E-state index contributed by atoms with van der Waals surface area (Å²) in [4.78, 5) is 17.2. The van der Waals surface area contributed by atoms with E-state index in [0.29, 0.717) is 19.1 Å². The molecule has 3 aromatic rings. The summed E-state index contributed by atoms with van der Waals surface area (Å²) < 4.78 is 7.88. The first-order chi connectivity index (χ1) is 15.6. The molecule has 2 amide bonds. The van der Waals surface area contributed by atoms with E-state index >= 15 is 0 Å². The SMILES string of the molecule is CCOc1ccc(NC(=O)N2Cc3c(sc4c3CCCC4)-n3cccc3C2C(C)C)cc1. The second-order valence-corrected chi connectivity index (χ2v) is 10.1. The quantitative estimate of drug-likeness (QED) is 0.490. The molecule has 0 spiro atoms. The number of aromatic nitrogens is 1. The summed E-state index contributed by atoms with van der Waals surface area (Å²) in [6.45, 7) is 7.65. The number of nitrogens with zero attached hydrogens (tertiary/aromatic N) is 2. The van der Waals surface area contributed by atoms with Crippen LogP contribution in [0.4, 0.5) is 10.5 Å². The highest BCUT2D eigenvalue weighted by atomic mass is 32.1. The zero-order valence-electron chi connectivity index (χ0n) is 19.1. The standard InChI is InChI=1S/C26H31N3O2S/c1-4-31-19-13-11-18(12-14-19)27-26(30)29-16-21-20-8-5-6-10-23(20)32-25(21)28-15-7-9-22(28)24(29)17(2)3/h7,9,11-15,17,24H,4-6,8,10,16H2,1-3H3,(H,27,30). The highest BCUT2D eigenvalue weighted by molar-refractivity contribution is 7.15. The van der Waals surface area contributed by atoms with Gasteiger partial charge in [-0.15, -0.1) is 11.3 Å². The number of anilines is 1. The Bertz CT molecular complexity index is 1110. The Morgan fingerprint density at radius 3 is 2.69 bits per heavy atom. The minimum atomic E-state index is -0.0516. The summed E-state index contributed by atoms with van der Waals surface area (Å²) in [6, 6.07) is 11.9. The van der Waals surface area contributed by atoms with Crippen LogP contribution in [0.2, 0.25) is 0 Å². The normalized spacial score (nSPS) is 17.4. The Kier molecular flexibility index (Phi) is 5.72. The summed E-state index contributed by atoms with van der Waals surface area (Å²) in [5.41, 5.74) is 4.80. The van der Waals surface area contributed by atoms with Gasteiger partial charge in [0.25, 0.3) is 0 Å². The van der Waals surface area contributed by atoms with Crippen molar-refractivity contribution < 1.29 is 9.53 Å². The number of thiophene rings is 1. The highest BCUT2D eigenvalue weighted by Crippen LogP contribution is 2.44. The number of nitrogens with one attached hydrogen (secondary N) is 1. The van der Waals surface area contributed by atoms with E-state index in [9.17, 15) is 4.79 Å². The van der Waals surface area contributed by atoms with E-state index in [1.807, 2.05) is 47.4 Å². The van der Waals surface area contributed by atoms with Crippen molar-refractivity contribution >= 4 is 23.1 Å². The summed E-state index contributed by atoms with van der Waals surface area (Å²) in [7, 11) is 0. The lowest BCUT2D eigenvalue weighted by molar-refractivity contribution is 0.161. The second-order valence-electron chi connectivity index (χ2n) is 9.00. The van der Waals surface area contributed by atoms with Crippen LogP contribution >= 0.6 is 11.3 Å². The molecule has 0 saturated carbocycles. The lowest BCUT2D eigenvalue weighted by atomic mass is 9.94. The van der Waals surface area contributed by atoms with Gasteiger partial charge in [-0.1, -0.05) is 13.8 Å². The number of carbonyl (C=O) groups excluding carboxylic acids is 1. The fourth-order valence-electron chi connectivity index (χ4n) is 5.12. The van der Waals surface area contributed by atoms with Crippen LogP contribution in [-0.2, 0) is 19.4 Å². The number of aryl methyl sites for hydroxylation is 1. The molecule has 168 valence electrons. The van der Waals surface area contributed by atoms with Crippen LogP contribution in [0.3, 0.4) is 0 Å². The lowest BCUT2D eigenvalue weighted by Crippen LogP contribution is -2.39. The summed E-state index contributed by atoms with van der Waals surface area (Å²) in [6.07, 6.45) is 6.95. The number of fused-ring (bicyclic) bond motifs is 5. The number of amides is 2. The van der Waals surface area contributed by atoms with Gasteiger partial charge >= 0.3 is 6.03 Å². The molecule has 6 heteroatoms. The molecule has 32 heavy (non-hydrogen) atoms. The topological polar surface area (TPSA) is 46.5 Å². The maximum atomic E-state index is 13.7. The average Bonchev–Trinajstić information content (AvgIpc) is 3.36. The zero-order chi connectivity index (χ0) is 22.2. The number of rotatable bonds is 4. The van der Waals surface area contributed by atoms with E-state index in [2.05, 4.69) is 42.1 Å². The largest absolute Gasteiger partial charge is 0.494 e. The molecule has 1 atom stereocenters. The molecule has 0 fully saturated rings. The number of benzene rings is 1.